The summed E-state index contributed by atoms with van der Waals surface area (Å²) in [6.45, 7) is 6.22. The standard InChI is InChI=1S/C12H21NO4/c1-7(2)10(12(15)16-4)13-11(14)9-5-6-17-8(9)3/h7-10H,5-6H2,1-4H3,(H,13,14). The maximum atomic E-state index is 12.0. The Balaban J connectivity index is 2.61. The van der Waals surface area contributed by atoms with Crippen molar-refractivity contribution in [1.29, 1.82) is 0 Å². The first-order chi connectivity index (χ1) is 7.97. The molecule has 0 aliphatic carbocycles. The van der Waals surface area contributed by atoms with E-state index < -0.39 is 12.0 Å². The van der Waals surface area contributed by atoms with Crippen LogP contribution in [-0.4, -0.2) is 37.7 Å². The van der Waals surface area contributed by atoms with E-state index in [0.717, 1.165) is 0 Å². The van der Waals surface area contributed by atoms with Crippen LogP contribution in [0.5, 0.6) is 0 Å². The number of esters is 1. The SMILES string of the molecule is COC(=O)C(NC(=O)C1CCOC1C)C(C)C. The smallest absolute Gasteiger partial charge is 0.328 e. The Labute approximate surface area is 102 Å². The first-order valence-electron chi connectivity index (χ1n) is 5.97. The van der Waals surface area contributed by atoms with Crippen LogP contribution in [0.1, 0.15) is 27.2 Å². The Morgan fingerprint density at radius 3 is 2.47 bits per heavy atom. The third-order valence-corrected chi connectivity index (χ3v) is 3.13. The van der Waals surface area contributed by atoms with Gasteiger partial charge < -0.3 is 14.8 Å². The molecule has 1 saturated heterocycles. The average molecular weight is 243 g/mol. The van der Waals surface area contributed by atoms with Gasteiger partial charge in [-0.05, 0) is 19.3 Å². The Kier molecular flexibility index (Phi) is 4.93. The maximum absolute atomic E-state index is 12.0. The first-order valence-corrected chi connectivity index (χ1v) is 5.97. The fourth-order valence-corrected chi connectivity index (χ4v) is 1.96. The van der Waals surface area contributed by atoms with Gasteiger partial charge in [0, 0.05) is 6.61 Å². The molecule has 0 radical (unpaired) electrons. The minimum atomic E-state index is -0.583. The van der Waals surface area contributed by atoms with Crippen molar-refractivity contribution in [2.45, 2.75) is 39.3 Å². The van der Waals surface area contributed by atoms with Crippen molar-refractivity contribution in [2.75, 3.05) is 13.7 Å². The summed E-state index contributed by atoms with van der Waals surface area (Å²) in [5.74, 6) is -0.691. The lowest BCUT2D eigenvalue weighted by Crippen LogP contribution is -2.48. The molecule has 0 saturated carbocycles. The third kappa shape index (κ3) is 3.43. The lowest BCUT2D eigenvalue weighted by molar-refractivity contribution is -0.147. The molecule has 0 aromatic carbocycles. The van der Waals surface area contributed by atoms with Gasteiger partial charge in [0.1, 0.15) is 6.04 Å². The summed E-state index contributed by atoms with van der Waals surface area (Å²) >= 11 is 0. The van der Waals surface area contributed by atoms with E-state index in [0.29, 0.717) is 13.0 Å². The normalized spacial score (nSPS) is 25.7. The van der Waals surface area contributed by atoms with Crippen LogP contribution >= 0.6 is 0 Å². The van der Waals surface area contributed by atoms with E-state index in [1.807, 2.05) is 20.8 Å². The number of rotatable bonds is 4. The van der Waals surface area contributed by atoms with Crippen LogP contribution in [0.15, 0.2) is 0 Å². The van der Waals surface area contributed by atoms with Gasteiger partial charge in [0.05, 0.1) is 19.1 Å². The van der Waals surface area contributed by atoms with E-state index in [4.69, 9.17) is 4.74 Å². The number of hydrogen-bond acceptors (Lipinski definition) is 4. The van der Waals surface area contributed by atoms with Crippen LogP contribution in [0.25, 0.3) is 0 Å². The zero-order valence-corrected chi connectivity index (χ0v) is 10.9. The van der Waals surface area contributed by atoms with E-state index in [1.165, 1.54) is 7.11 Å². The molecule has 17 heavy (non-hydrogen) atoms. The highest BCUT2D eigenvalue weighted by Crippen LogP contribution is 2.21. The van der Waals surface area contributed by atoms with Gasteiger partial charge in [-0.15, -0.1) is 0 Å². The second-order valence-corrected chi connectivity index (χ2v) is 4.72. The molecule has 0 spiro atoms. The molecule has 0 aromatic heterocycles. The first kappa shape index (κ1) is 14.0. The summed E-state index contributed by atoms with van der Waals surface area (Å²) in [4.78, 5) is 23.5. The van der Waals surface area contributed by atoms with Gasteiger partial charge >= 0.3 is 5.97 Å². The van der Waals surface area contributed by atoms with E-state index in [9.17, 15) is 9.59 Å². The summed E-state index contributed by atoms with van der Waals surface area (Å²) in [6.07, 6.45) is 0.624. The van der Waals surface area contributed by atoms with Crippen molar-refractivity contribution in [3.63, 3.8) is 0 Å². The van der Waals surface area contributed by atoms with E-state index >= 15 is 0 Å². The van der Waals surface area contributed by atoms with E-state index in [-0.39, 0.29) is 23.8 Å². The number of hydrogen-bond donors (Lipinski definition) is 1. The van der Waals surface area contributed by atoms with Crippen LogP contribution in [0.4, 0.5) is 0 Å². The number of amides is 1. The average Bonchev–Trinajstić information content (AvgIpc) is 2.70. The van der Waals surface area contributed by atoms with Gasteiger partial charge in [-0.1, -0.05) is 13.8 Å². The molecule has 1 aliphatic heterocycles. The van der Waals surface area contributed by atoms with Gasteiger partial charge in [-0.3, -0.25) is 4.79 Å². The summed E-state index contributed by atoms with van der Waals surface area (Å²) in [5, 5.41) is 2.75. The van der Waals surface area contributed by atoms with Crippen LogP contribution < -0.4 is 5.32 Å². The molecule has 3 atom stereocenters. The van der Waals surface area contributed by atoms with Crippen molar-refractivity contribution < 1.29 is 19.1 Å². The molecule has 5 nitrogen and oxygen atoms in total. The highest BCUT2D eigenvalue weighted by Gasteiger charge is 2.34. The molecule has 5 heteroatoms. The molecule has 3 unspecified atom stereocenters. The summed E-state index contributed by atoms with van der Waals surface area (Å²) in [6, 6.07) is -0.583. The van der Waals surface area contributed by atoms with Crippen LogP contribution in [0.3, 0.4) is 0 Å². The molecule has 1 N–H and O–H groups in total. The van der Waals surface area contributed by atoms with Gasteiger partial charge in [0.25, 0.3) is 0 Å². The molecule has 0 bridgehead atoms. The largest absolute Gasteiger partial charge is 0.467 e. The quantitative estimate of drug-likeness (QED) is 0.739. The fourth-order valence-electron chi connectivity index (χ4n) is 1.96. The molecule has 1 fully saturated rings. The van der Waals surface area contributed by atoms with Gasteiger partial charge in [-0.2, -0.15) is 0 Å². The molecular weight excluding hydrogens is 222 g/mol. The van der Waals surface area contributed by atoms with E-state index in [1.54, 1.807) is 0 Å². The second kappa shape index (κ2) is 6.00. The Hall–Kier alpha value is -1.10. The van der Waals surface area contributed by atoms with Crippen molar-refractivity contribution in [3.05, 3.63) is 0 Å². The third-order valence-electron chi connectivity index (χ3n) is 3.13. The zero-order valence-electron chi connectivity index (χ0n) is 10.9. The topological polar surface area (TPSA) is 64.6 Å². The molecule has 1 rings (SSSR count). The van der Waals surface area contributed by atoms with Crippen molar-refractivity contribution in [1.82, 2.24) is 5.32 Å². The highest BCUT2D eigenvalue weighted by atomic mass is 16.5. The summed E-state index contributed by atoms with van der Waals surface area (Å²) < 4.78 is 10.0. The van der Waals surface area contributed by atoms with Gasteiger partial charge in [-0.25, -0.2) is 4.79 Å². The Bertz CT molecular complexity index is 290. The molecule has 98 valence electrons. The maximum Gasteiger partial charge on any atom is 0.328 e. The zero-order chi connectivity index (χ0) is 13.0. The van der Waals surface area contributed by atoms with Crippen molar-refractivity contribution >= 4 is 11.9 Å². The predicted molar refractivity (Wildman–Crippen MR) is 62.3 cm³/mol. The minimum Gasteiger partial charge on any atom is -0.467 e. The lowest BCUT2D eigenvalue weighted by atomic mass is 9.99. The number of carbonyl (C=O) groups is 2. The summed E-state index contributed by atoms with van der Waals surface area (Å²) in [7, 11) is 1.32. The molecule has 1 heterocycles. The fraction of sp³-hybridized carbons (Fsp3) is 0.833. The van der Waals surface area contributed by atoms with Crippen LogP contribution in [0.2, 0.25) is 0 Å². The number of methoxy groups -OCH3 is 1. The van der Waals surface area contributed by atoms with Crippen molar-refractivity contribution in [3.8, 4) is 0 Å². The monoisotopic (exact) mass is 243 g/mol. The van der Waals surface area contributed by atoms with Crippen LogP contribution in [-0.2, 0) is 19.1 Å². The molecule has 1 aliphatic rings. The van der Waals surface area contributed by atoms with Gasteiger partial charge in [0.15, 0.2) is 0 Å². The molecular formula is C12H21NO4. The number of carbonyl (C=O) groups excluding carboxylic acids is 2. The minimum absolute atomic E-state index is 0.00373. The molecule has 1 amide bonds. The van der Waals surface area contributed by atoms with Gasteiger partial charge in [0.2, 0.25) is 5.91 Å². The Morgan fingerprint density at radius 2 is 2.06 bits per heavy atom. The molecule has 0 aromatic rings. The second-order valence-electron chi connectivity index (χ2n) is 4.72. The lowest BCUT2D eigenvalue weighted by Gasteiger charge is -2.22. The highest BCUT2D eigenvalue weighted by molar-refractivity contribution is 5.86. The van der Waals surface area contributed by atoms with Crippen LogP contribution in [0, 0.1) is 11.8 Å². The number of nitrogens with one attached hydrogen (secondary N) is 1. The number of ether oxygens (including phenoxy) is 2. The summed E-state index contributed by atoms with van der Waals surface area (Å²) in [5.41, 5.74) is 0. The predicted octanol–water partition coefficient (Wildman–Crippen LogP) is 0.725. The Morgan fingerprint density at radius 1 is 1.41 bits per heavy atom. The van der Waals surface area contributed by atoms with Crippen molar-refractivity contribution in [2.24, 2.45) is 11.8 Å². The van der Waals surface area contributed by atoms with E-state index in [2.05, 4.69) is 10.1 Å².